The summed E-state index contributed by atoms with van der Waals surface area (Å²) in [5, 5.41) is 3.95. The number of hydrogen-bond acceptors (Lipinski definition) is 3. The second-order valence-electron chi connectivity index (χ2n) is 7.15. The van der Waals surface area contributed by atoms with Gasteiger partial charge in [0, 0.05) is 24.7 Å². The van der Waals surface area contributed by atoms with Crippen molar-refractivity contribution in [1.82, 2.24) is 10.2 Å². The quantitative estimate of drug-likeness (QED) is 0.711. The van der Waals surface area contributed by atoms with Crippen LogP contribution in [-0.4, -0.2) is 48.1 Å². The lowest BCUT2D eigenvalue weighted by atomic mass is 9.79. The summed E-state index contributed by atoms with van der Waals surface area (Å²) in [4.78, 5) is 2.87. The molecule has 3 heteroatoms. The lowest BCUT2D eigenvalue weighted by molar-refractivity contribution is 0.0327. The molecule has 1 aliphatic carbocycles. The third kappa shape index (κ3) is 4.62. The highest BCUT2D eigenvalue weighted by atomic mass is 32.2. The van der Waals surface area contributed by atoms with Crippen molar-refractivity contribution in [3.8, 4) is 0 Å². The van der Waals surface area contributed by atoms with Crippen molar-refractivity contribution in [2.75, 3.05) is 31.6 Å². The maximum atomic E-state index is 3.95. The van der Waals surface area contributed by atoms with Crippen LogP contribution in [0.25, 0.3) is 0 Å². The number of nitrogens with zero attached hydrogens (tertiary/aromatic N) is 1. The highest BCUT2D eigenvalue weighted by Gasteiger charge is 2.39. The van der Waals surface area contributed by atoms with Gasteiger partial charge in [0.05, 0.1) is 0 Å². The van der Waals surface area contributed by atoms with Crippen LogP contribution < -0.4 is 5.32 Å². The molecule has 0 spiro atoms. The summed E-state index contributed by atoms with van der Waals surface area (Å²) in [6.45, 7) is 8.53. The van der Waals surface area contributed by atoms with Crippen molar-refractivity contribution in [1.29, 1.82) is 0 Å². The summed E-state index contributed by atoms with van der Waals surface area (Å²) in [5.41, 5.74) is 0.379. The molecule has 0 aromatic heterocycles. The maximum Gasteiger partial charge on any atom is 0.0304 e. The van der Waals surface area contributed by atoms with Crippen molar-refractivity contribution in [3.63, 3.8) is 0 Å². The molecule has 1 atom stereocenters. The van der Waals surface area contributed by atoms with Gasteiger partial charge in [0.2, 0.25) is 0 Å². The minimum absolute atomic E-state index is 0.379. The molecule has 2 rings (SSSR count). The zero-order valence-electron chi connectivity index (χ0n) is 14.5. The van der Waals surface area contributed by atoms with Crippen LogP contribution in [0.3, 0.4) is 0 Å². The molecule has 1 aliphatic heterocycles. The topological polar surface area (TPSA) is 15.3 Å². The fraction of sp³-hybridized carbons (Fsp3) is 1.00. The Labute approximate surface area is 136 Å². The van der Waals surface area contributed by atoms with E-state index in [0.29, 0.717) is 5.54 Å². The second kappa shape index (κ2) is 8.79. The van der Waals surface area contributed by atoms with Gasteiger partial charge in [-0.25, -0.2) is 0 Å². The lowest BCUT2D eigenvalue weighted by Crippen LogP contribution is -2.65. The SMILES string of the molecule is CCC1(CC)CN(CCCSC)C(C2CCCCC2)CN1. The van der Waals surface area contributed by atoms with Gasteiger partial charge in [-0.1, -0.05) is 33.1 Å². The second-order valence-corrected chi connectivity index (χ2v) is 8.14. The van der Waals surface area contributed by atoms with E-state index in [0.717, 1.165) is 12.0 Å². The fourth-order valence-electron chi connectivity index (χ4n) is 4.38. The van der Waals surface area contributed by atoms with Gasteiger partial charge < -0.3 is 5.32 Å². The molecule has 2 fully saturated rings. The molecule has 0 aromatic carbocycles. The predicted octanol–water partition coefficient (Wildman–Crippen LogP) is 4.15. The Morgan fingerprint density at radius 3 is 2.48 bits per heavy atom. The molecule has 2 aliphatic rings. The molecule has 2 nitrogen and oxygen atoms in total. The minimum atomic E-state index is 0.379. The first kappa shape index (κ1) is 17.6. The minimum Gasteiger partial charge on any atom is -0.308 e. The van der Waals surface area contributed by atoms with Gasteiger partial charge in [-0.05, 0) is 56.6 Å². The van der Waals surface area contributed by atoms with E-state index < -0.39 is 0 Å². The van der Waals surface area contributed by atoms with Gasteiger partial charge in [0.15, 0.2) is 0 Å². The van der Waals surface area contributed by atoms with Crippen LogP contribution in [0.15, 0.2) is 0 Å². The van der Waals surface area contributed by atoms with Crippen molar-refractivity contribution in [3.05, 3.63) is 0 Å². The van der Waals surface area contributed by atoms with E-state index >= 15 is 0 Å². The molecule has 0 aromatic rings. The summed E-state index contributed by atoms with van der Waals surface area (Å²) >= 11 is 2.00. The molecule has 1 unspecified atom stereocenters. The van der Waals surface area contributed by atoms with Crippen LogP contribution in [0, 0.1) is 5.92 Å². The molecule has 0 amide bonds. The monoisotopic (exact) mass is 312 g/mol. The average molecular weight is 313 g/mol. The summed E-state index contributed by atoms with van der Waals surface area (Å²) in [7, 11) is 0. The molecular formula is C18H36N2S. The van der Waals surface area contributed by atoms with Crippen LogP contribution in [0.1, 0.15) is 65.2 Å². The van der Waals surface area contributed by atoms with Crippen molar-refractivity contribution in [2.45, 2.75) is 76.8 Å². The van der Waals surface area contributed by atoms with E-state index in [1.807, 2.05) is 11.8 Å². The fourth-order valence-corrected chi connectivity index (χ4v) is 4.79. The van der Waals surface area contributed by atoms with Crippen LogP contribution in [0.2, 0.25) is 0 Å². The predicted molar refractivity (Wildman–Crippen MR) is 96.3 cm³/mol. The number of rotatable bonds is 7. The van der Waals surface area contributed by atoms with Crippen molar-refractivity contribution >= 4 is 11.8 Å². The normalized spacial score (nSPS) is 27.9. The summed E-state index contributed by atoms with van der Waals surface area (Å²) in [6.07, 6.45) is 13.5. The Morgan fingerprint density at radius 1 is 1.14 bits per heavy atom. The molecule has 1 N–H and O–H groups in total. The molecule has 1 heterocycles. The maximum absolute atomic E-state index is 3.95. The van der Waals surface area contributed by atoms with Gasteiger partial charge in [0.25, 0.3) is 0 Å². The molecule has 0 bridgehead atoms. The van der Waals surface area contributed by atoms with Crippen LogP contribution in [-0.2, 0) is 0 Å². The Kier molecular flexibility index (Phi) is 7.37. The van der Waals surface area contributed by atoms with E-state index in [1.54, 1.807) is 0 Å². The van der Waals surface area contributed by atoms with E-state index in [9.17, 15) is 0 Å². The van der Waals surface area contributed by atoms with Crippen LogP contribution in [0.5, 0.6) is 0 Å². The first-order valence-electron chi connectivity index (χ1n) is 9.22. The molecule has 1 saturated heterocycles. The number of thioether (sulfide) groups is 1. The molecule has 124 valence electrons. The Bertz CT molecular complexity index is 285. The molecule has 21 heavy (non-hydrogen) atoms. The van der Waals surface area contributed by atoms with Crippen LogP contribution >= 0.6 is 11.8 Å². The van der Waals surface area contributed by atoms with Gasteiger partial charge in [-0.15, -0.1) is 0 Å². The number of piperazine rings is 1. The van der Waals surface area contributed by atoms with Gasteiger partial charge in [0.1, 0.15) is 0 Å². The molecular weight excluding hydrogens is 276 g/mol. The van der Waals surface area contributed by atoms with E-state index in [4.69, 9.17) is 0 Å². The number of hydrogen-bond donors (Lipinski definition) is 1. The zero-order chi connectivity index (χ0) is 15.1. The third-order valence-corrected chi connectivity index (χ3v) is 6.70. The average Bonchev–Trinajstić information content (AvgIpc) is 2.56. The highest BCUT2D eigenvalue weighted by molar-refractivity contribution is 7.98. The summed E-state index contributed by atoms with van der Waals surface area (Å²) in [5.74, 6) is 2.26. The summed E-state index contributed by atoms with van der Waals surface area (Å²) < 4.78 is 0. The van der Waals surface area contributed by atoms with Gasteiger partial charge in [-0.3, -0.25) is 4.90 Å². The zero-order valence-corrected chi connectivity index (χ0v) is 15.3. The Balaban J connectivity index is 2.00. The highest BCUT2D eigenvalue weighted by Crippen LogP contribution is 2.33. The largest absolute Gasteiger partial charge is 0.308 e. The van der Waals surface area contributed by atoms with E-state index in [-0.39, 0.29) is 0 Å². The first-order chi connectivity index (χ1) is 10.2. The number of nitrogens with one attached hydrogen (secondary N) is 1. The first-order valence-corrected chi connectivity index (χ1v) is 10.6. The lowest BCUT2D eigenvalue weighted by Gasteiger charge is -2.50. The summed E-state index contributed by atoms with van der Waals surface area (Å²) in [6, 6.07) is 0.804. The van der Waals surface area contributed by atoms with E-state index in [1.165, 1.54) is 76.8 Å². The Hall–Kier alpha value is 0.270. The molecule has 0 radical (unpaired) electrons. The van der Waals surface area contributed by atoms with Crippen molar-refractivity contribution < 1.29 is 0 Å². The van der Waals surface area contributed by atoms with Crippen molar-refractivity contribution in [2.24, 2.45) is 5.92 Å². The van der Waals surface area contributed by atoms with Crippen LogP contribution in [0.4, 0.5) is 0 Å². The van der Waals surface area contributed by atoms with Gasteiger partial charge >= 0.3 is 0 Å². The smallest absolute Gasteiger partial charge is 0.0304 e. The van der Waals surface area contributed by atoms with Gasteiger partial charge in [-0.2, -0.15) is 11.8 Å². The standard InChI is InChI=1S/C18H36N2S/c1-4-18(5-2)15-20(12-9-13-21-3)17(14-19-18)16-10-7-6-8-11-16/h16-17,19H,4-15H2,1-3H3. The van der Waals surface area contributed by atoms with E-state index in [2.05, 4.69) is 30.3 Å². The Morgan fingerprint density at radius 2 is 1.86 bits per heavy atom. The molecule has 1 saturated carbocycles. The third-order valence-electron chi connectivity index (χ3n) is 6.00.